The Hall–Kier alpha value is -1.29. The van der Waals surface area contributed by atoms with E-state index < -0.39 is 0 Å². The summed E-state index contributed by atoms with van der Waals surface area (Å²) in [6, 6.07) is 5.51. The summed E-state index contributed by atoms with van der Waals surface area (Å²) in [6.07, 6.45) is 5.49. The quantitative estimate of drug-likeness (QED) is 0.832. The van der Waals surface area contributed by atoms with E-state index in [4.69, 9.17) is 5.73 Å². The minimum atomic E-state index is -0.258. The molecule has 104 valence electrons. The number of benzene rings is 1. The van der Waals surface area contributed by atoms with Crippen molar-refractivity contribution in [2.24, 2.45) is 0 Å². The molecule has 1 aliphatic carbocycles. The van der Waals surface area contributed by atoms with Crippen molar-refractivity contribution in [2.75, 3.05) is 36.8 Å². The third-order valence-corrected chi connectivity index (χ3v) is 4.49. The van der Waals surface area contributed by atoms with Crippen LogP contribution in [0.1, 0.15) is 25.7 Å². The standard InChI is InChI=1S/C15H22FN3/c16-12-5-6-15(14(17)11-12)19-9-7-18(8-10-19)13-3-1-2-4-13/h5-6,11,13H,1-4,7-10,17H2. The Kier molecular flexibility index (Phi) is 3.60. The van der Waals surface area contributed by atoms with Crippen LogP contribution in [0.3, 0.4) is 0 Å². The van der Waals surface area contributed by atoms with Gasteiger partial charge in [0.25, 0.3) is 0 Å². The van der Waals surface area contributed by atoms with Crippen molar-refractivity contribution in [3.05, 3.63) is 24.0 Å². The molecule has 0 aromatic heterocycles. The van der Waals surface area contributed by atoms with Crippen LogP contribution in [-0.2, 0) is 0 Å². The number of anilines is 2. The van der Waals surface area contributed by atoms with Crippen LogP contribution < -0.4 is 10.6 Å². The number of rotatable bonds is 2. The van der Waals surface area contributed by atoms with Gasteiger partial charge in [0.2, 0.25) is 0 Å². The van der Waals surface area contributed by atoms with Crippen LogP contribution in [0, 0.1) is 5.82 Å². The highest BCUT2D eigenvalue weighted by Crippen LogP contribution is 2.28. The molecule has 1 saturated heterocycles. The molecule has 2 fully saturated rings. The summed E-state index contributed by atoms with van der Waals surface area (Å²) in [5.74, 6) is -0.258. The highest BCUT2D eigenvalue weighted by atomic mass is 19.1. The molecule has 0 unspecified atom stereocenters. The molecule has 2 N–H and O–H groups in total. The zero-order valence-electron chi connectivity index (χ0n) is 11.3. The Bertz CT molecular complexity index is 435. The van der Waals surface area contributed by atoms with E-state index >= 15 is 0 Å². The molecule has 1 saturated carbocycles. The van der Waals surface area contributed by atoms with Gasteiger partial charge in [0.1, 0.15) is 5.82 Å². The van der Waals surface area contributed by atoms with Gasteiger partial charge in [-0.3, -0.25) is 4.90 Å². The summed E-state index contributed by atoms with van der Waals surface area (Å²) < 4.78 is 13.1. The van der Waals surface area contributed by atoms with Crippen LogP contribution >= 0.6 is 0 Å². The fourth-order valence-electron chi connectivity index (χ4n) is 3.41. The lowest BCUT2D eigenvalue weighted by Gasteiger charge is -2.39. The van der Waals surface area contributed by atoms with Crippen molar-refractivity contribution in [3.63, 3.8) is 0 Å². The normalized spacial score (nSPS) is 22.1. The lowest BCUT2D eigenvalue weighted by atomic mass is 10.1. The third kappa shape index (κ3) is 2.68. The van der Waals surface area contributed by atoms with Crippen LogP contribution in [0.4, 0.5) is 15.8 Å². The Labute approximate surface area is 114 Å². The van der Waals surface area contributed by atoms with E-state index in [1.165, 1.54) is 37.8 Å². The molecular formula is C15H22FN3. The van der Waals surface area contributed by atoms with Crippen LogP contribution in [0.5, 0.6) is 0 Å². The van der Waals surface area contributed by atoms with Crippen LogP contribution in [0.15, 0.2) is 18.2 Å². The highest BCUT2D eigenvalue weighted by molar-refractivity contribution is 5.67. The van der Waals surface area contributed by atoms with Crippen molar-refractivity contribution in [2.45, 2.75) is 31.7 Å². The maximum absolute atomic E-state index is 13.1. The maximum atomic E-state index is 13.1. The minimum absolute atomic E-state index is 0.258. The first-order valence-electron chi connectivity index (χ1n) is 7.28. The Morgan fingerprint density at radius 1 is 1.05 bits per heavy atom. The molecule has 1 aliphatic heterocycles. The van der Waals surface area contributed by atoms with E-state index in [0.717, 1.165) is 37.9 Å². The van der Waals surface area contributed by atoms with Gasteiger partial charge in [-0.1, -0.05) is 12.8 Å². The molecule has 0 radical (unpaired) electrons. The molecule has 1 heterocycles. The molecule has 1 aromatic carbocycles. The fraction of sp³-hybridized carbons (Fsp3) is 0.600. The van der Waals surface area contributed by atoms with Crippen molar-refractivity contribution < 1.29 is 4.39 Å². The fourth-order valence-corrected chi connectivity index (χ4v) is 3.41. The minimum Gasteiger partial charge on any atom is -0.397 e. The van der Waals surface area contributed by atoms with Gasteiger partial charge in [-0.2, -0.15) is 0 Å². The van der Waals surface area contributed by atoms with Crippen molar-refractivity contribution >= 4 is 11.4 Å². The van der Waals surface area contributed by atoms with Gasteiger partial charge in [0, 0.05) is 32.2 Å². The first-order chi connectivity index (χ1) is 9.24. The lowest BCUT2D eigenvalue weighted by molar-refractivity contribution is 0.187. The molecule has 0 spiro atoms. The highest BCUT2D eigenvalue weighted by Gasteiger charge is 2.26. The number of hydrogen-bond donors (Lipinski definition) is 1. The monoisotopic (exact) mass is 263 g/mol. The van der Waals surface area contributed by atoms with E-state index in [0.29, 0.717) is 5.69 Å². The van der Waals surface area contributed by atoms with E-state index in [1.54, 1.807) is 6.07 Å². The Morgan fingerprint density at radius 2 is 1.74 bits per heavy atom. The molecule has 1 aromatic rings. The summed E-state index contributed by atoms with van der Waals surface area (Å²) >= 11 is 0. The number of nitrogen functional groups attached to an aromatic ring is 1. The second-order valence-corrected chi connectivity index (χ2v) is 5.66. The second-order valence-electron chi connectivity index (χ2n) is 5.66. The summed E-state index contributed by atoms with van der Waals surface area (Å²) in [6.45, 7) is 4.18. The molecule has 0 amide bonds. The largest absolute Gasteiger partial charge is 0.397 e. The molecule has 2 aliphatic rings. The number of piperazine rings is 1. The topological polar surface area (TPSA) is 32.5 Å². The molecule has 4 heteroatoms. The van der Waals surface area contributed by atoms with E-state index in [2.05, 4.69) is 9.80 Å². The predicted octanol–water partition coefficient (Wildman–Crippen LogP) is 2.47. The predicted molar refractivity (Wildman–Crippen MR) is 76.9 cm³/mol. The number of hydrogen-bond acceptors (Lipinski definition) is 3. The number of nitrogens with two attached hydrogens (primary N) is 1. The Balaban J connectivity index is 1.63. The molecule has 0 atom stereocenters. The third-order valence-electron chi connectivity index (χ3n) is 4.49. The van der Waals surface area contributed by atoms with Gasteiger partial charge in [-0.25, -0.2) is 4.39 Å². The Morgan fingerprint density at radius 3 is 2.37 bits per heavy atom. The number of halogens is 1. The molecule has 3 nitrogen and oxygen atoms in total. The van der Waals surface area contributed by atoms with E-state index in [9.17, 15) is 4.39 Å². The van der Waals surface area contributed by atoms with Crippen LogP contribution in [0.25, 0.3) is 0 Å². The van der Waals surface area contributed by atoms with Crippen molar-refractivity contribution in [1.82, 2.24) is 4.90 Å². The van der Waals surface area contributed by atoms with Gasteiger partial charge >= 0.3 is 0 Å². The summed E-state index contributed by atoms with van der Waals surface area (Å²) in [5.41, 5.74) is 7.44. The average molecular weight is 263 g/mol. The summed E-state index contributed by atoms with van der Waals surface area (Å²) in [5, 5.41) is 0. The molecule has 3 rings (SSSR count). The van der Waals surface area contributed by atoms with E-state index in [-0.39, 0.29) is 5.82 Å². The first-order valence-corrected chi connectivity index (χ1v) is 7.28. The van der Waals surface area contributed by atoms with E-state index in [1.807, 2.05) is 0 Å². The molecule has 0 bridgehead atoms. The summed E-state index contributed by atoms with van der Waals surface area (Å²) in [7, 11) is 0. The van der Waals surface area contributed by atoms with Crippen molar-refractivity contribution in [3.8, 4) is 0 Å². The smallest absolute Gasteiger partial charge is 0.125 e. The lowest BCUT2D eigenvalue weighted by Crippen LogP contribution is -2.49. The summed E-state index contributed by atoms with van der Waals surface area (Å²) in [4.78, 5) is 4.89. The van der Waals surface area contributed by atoms with Gasteiger partial charge < -0.3 is 10.6 Å². The zero-order chi connectivity index (χ0) is 13.2. The van der Waals surface area contributed by atoms with Crippen LogP contribution in [-0.4, -0.2) is 37.1 Å². The first kappa shape index (κ1) is 12.7. The van der Waals surface area contributed by atoms with Crippen LogP contribution in [0.2, 0.25) is 0 Å². The van der Waals surface area contributed by atoms with Gasteiger partial charge in [-0.15, -0.1) is 0 Å². The van der Waals surface area contributed by atoms with Crippen molar-refractivity contribution in [1.29, 1.82) is 0 Å². The van der Waals surface area contributed by atoms with Gasteiger partial charge in [0.05, 0.1) is 11.4 Å². The maximum Gasteiger partial charge on any atom is 0.125 e. The number of nitrogens with zero attached hydrogens (tertiary/aromatic N) is 2. The van der Waals surface area contributed by atoms with Gasteiger partial charge in [0.15, 0.2) is 0 Å². The molecule has 19 heavy (non-hydrogen) atoms. The second kappa shape index (κ2) is 5.37. The average Bonchev–Trinajstić information content (AvgIpc) is 2.93. The van der Waals surface area contributed by atoms with Gasteiger partial charge in [-0.05, 0) is 31.0 Å². The zero-order valence-corrected chi connectivity index (χ0v) is 11.3. The SMILES string of the molecule is Nc1cc(F)ccc1N1CCN(C2CCCC2)CC1. The molecular weight excluding hydrogens is 241 g/mol.